The summed E-state index contributed by atoms with van der Waals surface area (Å²) >= 11 is 0. The fraction of sp³-hybridized carbons (Fsp3) is 0.133. The molecule has 0 saturated heterocycles. The number of fused-ring (bicyclic) bond motifs is 1. The van der Waals surface area contributed by atoms with E-state index >= 15 is 0 Å². The molecule has 0 heterocycles. The van der Waals surface area contributed by atoms with Crippen LogP contribution in [0, 0.1) is 0 Å². The Balaban J connectivity index is 1.70. The highest BCUT2D eigenvalue weighted by Crippen LogP contribution is 2.27. The van der Waals surface area contributed by atoms with E-state index in [2.05, 4.69) is 0 Å². The lowest BCUT2D eigenvalue weighted by Crippen LogP contribution is -2.18. The number of carbonyl (C=O) groups excluding carboxylic acids is 1. The van der Waals surface area contributed by atoms with Gasteiger partial charge in [0, 0.05) is 12.0 Å². The van der Waals surface area contributed by atoms with E-state index in [1.165, 1.54) is 0 Å². The van der Waals surface area contributed by atoms with E-state index < -0.39 is 0 Å². The number of ketones is 1. The Hall–Kier alpha value is -2.09. The number of hydrogen-bond acceptors (Lipinski definition) is 2. The first-order chi connectivity index (χ1) is 8.33. The van der Waals surface area contributed by atoms with E-state index in [1.807, 2.05) is 48.5 Å². The van der Waals surface area contributed by atoms with Crippen molar-refractivity contribution in [1.82, 2.24) is 0 Å². The molecule has 84 valence electrons. The minimum absolute atomic E-state index is 0.231. The van der Waals surface area contributed by atoms with Crippen molar-refractivity contribution in [3.8, 4) is 5.75 Å². The molecule has 2 aromatic carbocycles. The number of benzene rings is 2. The van der Waals surface area contributed by atoms with Crippen molar-refractivity contribution in [2.24, 2.45) is 0 Å². The fourth-order valence-electron chi connectivity index (χ4n) is 1.98. The molecule has 0 aromatic heterocycles. The summed E-state index contributed by atoms with van der Waals surface area (Å²) in [5.74, 6) is 1.06. The van der Waals surface area contributed by atoms with Crippen LogP contribution in [0.5, 0.6) is 5.75 Å². The van der Waals surface area contributed by atoms with Crippen LogP contribution in [-0.4, -0.2) is 5.78 Å². The fourth-order valence-corrected chi connectivity index (χ4v) is 1.98. The average molecular weight is 224 g/mol. The molecule has 0 radical (unpaired) electrons. The first-order valence-electron chi connectivity index (χ1n) is 5.66. The Labute approximate surface area is 99.9 Å². The second kappa shape index (κ2) is 4.06. The molecule has 1 aliphatic rings. The summed E-state index contributed by atoms with van der Waals surface area (Å²) in [4.78, 5) is 11.2. The van der Waals surface area contributed by atoms with E-state index in [1.54, 1.807) is 0 Å². The van der Waals surface area contributed by atoms with E-state index in [0.717, 1.165) is 22.4 Å². The molecule has 17 heavy (non-hydrogen) atoms. The highest BCUT2D eigenvalue weighted by molar-refractivity contribution is 6.06. The van der Waals surface area contributed by atoms with Crippen LogP contribution < -0.4 is 4.74 Å². The Morgan fingerprint density at radius 2 is 1.88 bits per heavy atom. The molecule has 0 fully saturated rings. The zero-order valence-corrected chi connectivity index (χ0v) is 9.35. The van der Waals surface area contributed by atoms with Gasteiger partial charge >= 0.3 is 0 Å². The standard InChI is InChI=1S/C15H12O2/c16-15-9-12-8-13(6-7-14(12)15)17-10-11-4-2-1-3-5-11/h1-8H,9-10H2. The Morgan fingerprint density at radius 3 is 2.59 bits per heavy atom. The van der Waals surface area contributed by atoms with Gasteiger partial charge in [-0.15, -0.1) is 0 Å². The van der Waals surface area contributed by atoms with Gasteiger partial charge in [-0.1, -0.05) is 30.3 Å². The maximum absolute atomic E-state index is 11.2. The number of hydrogen-bond donors (Lipinski definition) is 0. The summed E-state index contributed by atoms with van der Waals surface area (Å²) in [5.41, 5.74) is 3.09. The Kier molecular flexibility index (Phi) is 2.41. The molecule has 0 saturated carbocycles. The van der Waals surface area contributed by atoms with Crippen LogP contribution in [0.25, 0.3) is 0 Å². The molecule has 1 aliphatic carbocycles. The molecule has 0 unspecified atom stereocenters. The van der Waals surface area contributed by atoms with Crippen LogP contribution in [0.15, 0.2) is 48.5 Å². The highest BCUT2D eigenvalue weighted by atomic mass is 16.5. The van der Waals surface area contributed by atoms with E-state index in [4.69, 9.17) is 4.74 Å². The summed E-state index contributed by atoms with van der Waals surface area (Å²) in [7, 11) is 0. The number of rotatable bonds is 3. The van der Waals surface area contributed by atoms with E-state index in [0.29, 0.717) is 13.0 Å². The van der Waals surface area contributed by atoms with Crippen LogP contribution in [0.2, 0.25) is 0 Å². The van der Waals surface area contributed by atoms with Gasteiger partial charge in [0.25, 0.3) is 0 Å². The third-order valence-corrected chi connectivity index (χ3v) is 2.98. The monoisotopic (exact) mass is 224 g/mol. The van der Waals surface area contributed by atoms with Crippen molar-refractivity contribution in [1.29, 1.82) is 0 Å². The second-order valence-electron chi connectivity index (χ2n) is 4.19. The first kappa shape index (κ1) is 10.1. The van der Waals surface area contributed by atoms with Crippen molar-refractivity contribution < 1.29 is 9.53 Å². The van der Waals surface area contributed by atoms with Gasteiger partial charge in [-0.05, 0) is 29.3 Å². The average Bonchev–Trinajstić information content (AvgIpc) is 2.36. The van der Waals surface area contributed by atoms with Gasteiger partial charge in [0.15, 0.2) is 5.78 Å². The van der Waals surface area contributed by atoms with E-state index in [9.17, 15) is 4.79 Å². The van der Waals surface area contributed by atoms with Gasteiger partial charge in [-0.2, -0.15) is 0 Å². The zero-order chi connectivity index (χ0) is 11.7. The summed E-state index contributed by atoms with van der Waals surface area (Å²) in [5, 5.41) is 0. The molecule has 2 nitrogen and oxygen atoms in total. The topological polar surface area (TPSA) is 26.3 Å². The first-order valence-corrected chi connectivity index (χ1v) is 5.66. The van der Waals surface area contributed by atoms with Crippen LogP contribution in [-0.2, 0) is 13.0 Å². The lowest BCUT2D eigenvalue weighted by Gasteiger charge is -2.18. The van der Waals surface area contributed by atoms with Crippen molar-refractivity contribution in [2.75, 3.05) is 0 Å². The number of ether oxygens (including phenoxy) is 1. The van der Waals surface area contributed by atoms with Crippen LogP contribution >= 0.6 is 0 Å². The number of Topliss-reactive ketones (excluding diaryl/α,β-unsaturated/α-hetero) is 1. The molecular formula is C15H12O2. The molecule has 0 atom stereocenters. The predicted octanol–water partition coefficient (Wildman–Crippen LogP) is 3.00. The van der Waals surface area contributed by atoms with Gasteiger partial charge in [-0.3, -0.25) is 4.79 Å². The largest absolute Gasteiger partial charge is 0.489 e. The third-order valence-electron chi connectivity index (χ3n) is 2.98. The zero-order valence-electron chi connectivity index (χ0n) is 9.35. The van der Waals surface area contributed by atoms with Gasteiger partial charge in [0.2, 0.25) is 0 Å². The van der Waals surface area contributed by atoms with Gasteiger partial charge in [0.1, 0.15) is 12.4 Å². The normalized spacial score (nSPS) is 12.8. The smallest absolute Gasteiger partial charge is 0.167 e. The Morgan fingerprint density at radius 1 is 1.06 bits per heavy atom. The SMILES string of the molecule is O=C1Cc2cc(OCc3ccccc3)ccc21. The minimum Gasteiger partial charge on any atom is -0.489 e. The van der Waals surface area contributed by atoms with Crippen LogP contribution in [0.3, 0.4) is 0 Å². The molecule has 0 aliphatic heterocycles. The molecule has 0 amide bonds. The minimum atomic E-state index is 0.231. The highest BCUT2D eigenvalue weighted by Gasteiger charge is 2.22. The molecule has 2 heteroatoms. The summed E-state index contributed by atoms with van der Waals surface area (Å²) in [6.07, 6.45) is 0.553. The van der Waals surface area contributed by atoms with E-state index in [-0.39, 0.29) is 5.78 Å². The Bertz CT molecular complexity index is 558. The molecule has 0 spiro atoms. The summed E-state index contributed by atoms with van der Waals surface area (Å²) < 4.78 is 5.69. The quantitative estimate of drug-likeness (QED) is 0.801. The maximum atomic E-state index is 11.2. The summed E-state index contributed by atoms with van der Waals surface area (Å²) in [6.45, 7) is 0.563. The van der Waals surface area contributed by atoms with Gasteiger partial charge in [-0.25, -0.2) is 0 Å². The number of carbonyl (C=O) groups is 1. The molecule has 2 aromatic rings. The second-order valence-corrected chi connectivity index (χ2v) is 4.19. The predicted molar refractivity (Wildman–Crippen MR) is 65.3 cm³/mol. The molecule has 3 rings (SSSR count). The lowest BCUT2D eigenvalue weighted by molar-refractivity contribution is 0.0967. The molecule has 0 N–H and O–H groups in total. The molecule has 0 bridgehead atoms. The van der Waals surface area contributed by atoms with Crippen LogP contribution in [0.4, 0.5) is 0 Å². The van der Waals surface area contributed by atoms with Crippen molar-refractivity contribution in [2.45, 2.75) is 13.0 Å². The van der Waals surface area contributed by atoms with Gasteiger partial charge in [0.05, 0.1) is 0 Å². The third kappa shape index (κ3) is 1.94. The van der Waals surface area contributed by atoms with Crippen molar-refractivity contribution in [3.63, 3.8) is 0 Å². The van der Waals surface area contributed by atoms with Crippen molar-refractivity contribution in [3.05, 3.63) is 65.2 Å². The lowest BCUT2D eigenvalue weighted by atomic mass is 9.87. The van der Waals surface area contributed by atoms with Crippen LogP contribution in [0.1, 0.15) is 21.5 Å². The van der Waals surface area contributed by atoms with Gasteiger partial charge < -0.3 is 4.74 Å². The summed E-state index contributed by atoms with van der Waals surface area (Å²) in [6, 6.07) is 15.7. The van der Waals surface area contributed by atoms with Crippen molar-refractivity contribution >= 4 is 5.78 Å². The molecular weight excluding hydrogens is 212 g/mol. The maximum Gasteiger partial charge on any atom is 0.167 e.